The van der Waals surface area contributed by atoms with Crippen molar-refractivity contribution in [2.45, 2.75) is 364 Å². The van der Waals surface area contributed by atoms with E-state index >= 15 is 0 Å². The molecule has 10 saturated carbocycles. The Morgan fingerprint density at radius 2 is 0.702 bits per heavy atom. The van der Waals surface area contributed by atoms with Crippen LogP contribution in [0.1, 0.15) is 318 Å². The first kappa shape index (κ1) is 83.3. The fourth-order valence-corrected chi connectivity index (χ4v) is 13.3. The van der Waals surface area contributed by atoms with Crippen LogP contribution in [0.4, 0.5) is 26.3 Å². The van der Waals surface area contributed by atoms with Crippen molar-refractivity contribution in [3.8, 4) is 0 Å². The summed E-state index contributed by atoms with van der Waals surface area (Å²) in [6.45, 7) is 64.5. The highest BCUT2D eigenvalue weighted by Crippen LogP contribution is 2.79. The van der Waals surface area contributed by atoms with E-state index in [1.165, 1.54) is 65.7 Å². The molecule has 84 heavy (non-hydrogen) atoms. The summed E-state index contributed by atoms with van der Waals surface area (Å²) < 4.78 is 72.6. The van der Waals surface area contributed by atoms with Crippen LogP contribution in [0.25, 0.3) is 0 Å². The maximum Gasteiger partial charge on any atom is 0.417 e. The molecule has 0 spiro atoms. The van der Waals surface area contributed by atoms with Crippen molar-refractivity contribution in [1.29, 1.82) is 0 Å². The average molecular weight is 1220 g/mol. The highest BCUT2D eigenvalue weighted by molar-refractivity contribution is 5.25. The fraction of sp³-hybridized carbons (Fsp3) is 1.00. The van der Waals surface area contributed by atoms with Gasteiger partial charge in [0.15, 0.2) is 11.2 Å². The maximum absolute atomic E-state index is 12.1. The predicted molar refractivity (Wildman–Crippen MR) is 341 cm³/mol. The minimum absolute atomic E-state index is 0.00174. The van der Waals surface area contributed by atoms with E-state index in [4.69, 9.17) is 21.1 Å². The van der Waals surface area contributed by atoms with Crippen LogP contribution >= 0.6 is 0 Å². The average Bonchev–Trinajstić information content (AvgIpc) is 3.10. The van der Waals surface area contributed by atoms with Gasteiger partial charge in [0.2, 0.25) is 0 Å². The first-order chi connectivity index (χ1) is 35.9. The zero-order chi connectivity index (χ0) is 68.3. The number of hydrogen-bond donors (Lipinski definition) is 7. The number of nitrogens with two attached hydrogens (primary N) is 1. The Morgan fingerprint density at radius 1 is 0.405 bits per heavy atom. The van der Waals surface area contributed by atoms with Gasteiger partial charge in [-0.15, -0.1) is 0 Å². The Balaban J connectivity index is 0.000000946. The summed E-state index contributed by atoms with van der Waals surface area (Å²) in [7, 11) is 0. The summed E-state index contributed by atoms with van der Waals surface area (Å²) in [5, 5.41) is 55.6. The number of halogens is 6. The van der Waals surface area contributed by atoms with Crippen LogP contribution in [0.2, 0.25) is 0 Å². The van der Waals surface area contributed by atoms with Gasteiger partial charge < -0.3 is 36.4 Å². The molecule has 10 rings (SSSR count). The van der Waals surface area contributed by atoms with Crippen molar-refractivity contribution in [3.63, 3.8) is 0 Å². The molecule has 13 heteroatoms. The maximum atomic E-state index is 12.1. The summed E-state index contributed by atoms with van der Waals surface area (Å²) in [6.07, 6.45) is 8.36. The minimum Gasteiger partial charge on any atom is -0.396 e. The molecule has 10 aliphatic rings. The first-order valence-electron chi connectivity index (χ1n) is 32.0. The second-order valence-corrected chi connectivity index (χ2v) is 39.3. The molecule has 7 nitrogen and oxygen atoms in total. The number of aliphatic hydroxyl groups excluding tert-OH is 1. The normalized spacial score (nSPS) is 32.1. The van der Waals surface area contributed by atoms with Crippen molar-refractivity contribution >= 4 is 0 Å². The second-order valence-electron chi connectivity index (χ2n) is 39.3. The fourth-order valence-electron chi connectivity index (χ4n) is 13.3. The summed E-state index contributed by atoms with van der Waals surface area (Å²) in [4.78, 5) is 0. The zero-order valence-electron chi connectivity index (χ0n) is 60.8. The molecule has 8 N–H and O–H groups in total. The first-order valence-corrected chi connectivity index (χ1v) is 32.0. The van der Waals surface area contributed by atoms with Crippen molar-refractivity contribution < 1.29 is 57.0 Å². The van der Waals surface area contributed by atoms with Crippen LogP contribution in [-0.2, 0) is 0 Å². The minimum atomic E-state index is -4.56. The standard InChI is InChI=1S/C15H26.C10H18O.C9H17N.C8H15F3O.C8H18O.C7H13F3O.2C7H16O/c1-13(2,3)15-8-11-5-12(9-15)7-14(4,6-11)10-15;1-8(2,3)10-4-9(5-10,6-10)7-11;1-7(2,3)8-4-9(10,5-8)6-8;1-6(2,3)5-7(4,12)8(9,10)11;1-6-8(5,9)7(2,3)4;1-5(2,3)6(4,11)7(8,9)10;2*1-6(2,3)7(4,5)8/h11-12H,5-10H2,1-4H3;11H,4-7H2,1-3H3;4-6,10H2,1-3H3;12H,5H2,1-4H3;9H,6H2,1-5H3;11H,1-4H3;2*8H,1-5H3. The van der Waals surface area contributed by atoms with Gasteiger partial charge in [0, 0.05) is 12.1 Å². The van der Waals surface area contributed by atoms with E-state index < -0.39 is 51.2 Å². The number of aliphatic hydroxyl groups is 6. The molecule has 0 radical (unpaired) electrons. The molecule has 10 aliphatic carbocycles. The molecule has 8 bridgehead atoms. The van der Waals surface area contributed by atoms with E-state index in [9.17, 15) is 41.7 Å². The van der Waals surface area contributed by atoms with Crippen LogP contribution in [-0.4, -0.2) is 83.1 Å². The van der Waals surface area contributed by atoms with Crippen LogP contribution in [0.15, 0.2) is 0 Å². The van der Waals surface area contributed by atoms with Gasteiger partial charge in [-0.3, -0.25) is 0 Å². The third-order valence-electron chi connectivity index (χ3n) is 23.1. The van der Waals surface area contributed by atoms with Gasteiger partial charge in [-0.25, -0.2) is 0 Å². The van der Waals surface area contributed by atoms with Crippen LogP contribution in [0.5, 0.6) is 0 Å². The van der Waals surface area contributed by atoms with E-state index in [1.54, 1.807) is 52.9 Å². The summed E-state index contributed by atoms with van der Waals surface area (Å²) >= 11 is 0. The Bertz CT molecular complexity index is 1930. The zero-order valence-corrected chi connectivity index (χ0v) is 60.8. The summed E-state index contributed by atoms with van der Waals surface area (Å²) in [6, 6.07) is 0. The van der Waals surface area contributed by atoms with Gasteiger partial charge in [-0.1, -0.05) is 180 Å². The lowest BCUT2D eigenvalue weighted by atomic mass is 9.29. The molecule has 0 heterocycles. The van der Waals surface area contributed by atoms with Gasteiger partial charge in [0.1, 0.15) is 0 Å². The lowest BCUT2D eigenvalue weighted by molar-refractivity contribution is -0.286. The van der Waals surface area contributed by atoms with Crippen molar-refractivity contribution in [2.24, 2.45) is 88.0 Å². The van der Waals surface area contributed by atoms with E-state index in [0.29, 0.717) is 44.5 Å². The van der Waals surface area contributed by atoms with E-state index in [1.807, 2.05) is 83.1 Å². The number of hydrogen-bond acceptors (Lipinski definition) is 7. The van der Waals surface area contributed by atoms with Gasteiger partial charge >= 0.3 is 12.4 Å². The number of alkyl halides is 6. The Labute approximate surface area is 513 Å². The van der Waals surface area contributed by atoms with E-state index in [2.05, 4.69) is 90.0 Å². The van der Waals surface area contributed by atoms with E-state index in [-0.39, 0.29) is 28.2 Å². The van der Waals surface area contributed by atoms with Gasteiger partial charge in [0.25, 0.3) is 0 Å². The van der Waals surface area contributed by atoms with E-state index in [0.717, 1.165) is 37.5 Å². The highest BCUT2D eigenvalue weighted by atomic mass is 19.4. The third kappa shape index (κ3) is 20.9. The molecule has 0 saturated heterocycles. The third-order valence-corrected chi connectivity index (χ3v) is 23.1. The molecule has 0 aromatic rings. The smallest absolute Gasteiger partial charge is 0.396 e. The molecule has 10 fully saturated rings. The Morgan fingerprint density at radius 3 is 0.833 bits per heavy atom. The quantitative estimate of drug-likeness (QED) is 0.139. The lowest BCUT2D eigenvalue weighted by Gasteiger charge is -2.75. The van der Waals surface area contributed by atoms with Gasteiger partial charge in [0.05, 0.1) is 16.8 Å². The molecule has 0 aliphatic heterocycles. The Kier molecular flexibility index (Phi) is 25.2. The van der Waals surface area contributed by atoms with Crippen LogP contribution < -0.4 is 5.73 Å². The molecule has 0 amide bonds. The largest absolute Gasteiger partial charge is 0.417 e. The predicted octanol–water partition coefficient (Wildman–Crippen LogP) is 19.6. The van der Waals surface area contributed by atoms with Crippen molar-refractivity contribution in [1.82, 2.24) is 0 Å². The van der Waals surface area contributed by atoms with Crippen LogP contribution in [0, 0.1) is 82.2 Å². The second kappa shape index (κ2) is 25.4. The summed E-state index contributed by atoms with van der Waals surface area (Å²) in [5.74, 6) is 2.16. The van der Waals surface area contributed by atoms with Crippen molar-refractivity contribution in [2.75, 3.05) is 6.61 Å². The van der Waals surface area contributed by atoms with Gasteiger partial charge in [-0.05, 0) is 221 Å². The lowest BCUT2D eigenvalue weighted by Crippen LogP contribution is -2.75. The van der Waals surface area contributed by atoms with Crippen LogP contribution in [0.3, 0.4) is 0 Å². The summed E-state index contributed by atoms with van der Waals surface area (Å²) in [5.41, 5.74) is 2.21. The molecular formula is C71H139F6NO6. The number of rotatable bonds is 3. The monoisotopic (exact) mass is 1220 g/mol. The highest BCUT2D eigenvalue weighted by Gasteiger charge is 2.71. The SMILES string of the molecule is CC(C)(C)C(C)(C)O.CC(C)(C)C(C)(C)O.CC(C)(C)C(C)(O)C(F)(F)F.CC(C)(C)C12CC(CO)(C1)C2.CC(C)(C)C12CC(N)(C1)C2.CC(C)(C)CC(C)(O)C(F)(F)F.CC12CC3CC(C1)CC(C(C)(C)C)(C3)C2.CCC(C)(O)C(C)(C)C. The molecule has 0 aromatic carbocycles. The topological polar surface area (TPSA) is 147 Å². The van der Waals surface area contributed by atoms with Crippen molar-refractivity contribution in [3.05, 3.63) is 0 Å². The molecule has 5 unspecified atom stereocenters. The Hall–Kier alpha value is -0.700. The molecule has 0 aromatic heterocycles. The van der Waals surface area contributed by atoms with Gasteiger partial charge in [-0.2, -0.15) is 26.3 Å². The molecule has 506 valence electrons. The molecular weight excluding hydrogens is 1080 g/mol. The molecule has 5 atom stereocenters.